The third-order valence-corrected chi connectivity index (χ3v) is 4.82. The Kier molecular flexibility index (Phi) is 4.79. The fourth-order valence-corrected chi connectivity index (χ4v) is 3.32. The van der Waals surface area contributed by atoms with Crippen LogP contribution < -0.4 is 10.9 Å². The molecule has 1 heterocycles. The standard InChI is InChI=1S/C16H19N3O4S/c1-5-8-17-14-10(2)11(6-7-13(14)24(4,22)23)15(20)12-9-18-19(3)16(12)21/h5-7,9,17-18H,1,8H2,2-4H3. The highest BCUT2D eigenvalue weighted by atomic mass is 32.2. The number of ketones is 1. The first kappa shape index (κ1) is 17.7. The number of carbonyl (C=O) groups is 1. The van der Waals surface area contributed by atoms with Crippen molar-refractivity contribution in [3.8, 4) is 0 Å². The molecule has 2 aromatic rings. The second-order valence-electron chi connectivity index (χ2n) is 5.43. The summed E-state index contributed by atoms with van der Waals surface area (Å²) in [6.45, 7) is 5.57. The molecule has 0 saturated carbocycles. The topological polar surface area (TPSA) is 101 Å². The SMILES string of the molecule is C=CCNc1c(S(C)(=O)=O)ccc(C(=O)c2c[nH]n(C)c2=O)c1C. The van der Waals surface area contributed by atoms with E-state index in [1.807, 2.05) is 0 Å². The van der Waals surface area contributed by atoms with Gasteiger partial charge in [-0.15, -0.1) is 6.58 Å². The largest absolute Gasteiger partial charge is 0.380 e. The van der Waals surface area contributed by atoms with Gasteiger partial charge in [0, 0.05) is 31.6 Å². The van der Waals surface area contributed by atoms with Gasteiger partial charge >= 0.3 is 0 Å². The first-order valence-corrected chi connectivity index (χ1v) is 9.05. The summed E-state index contributed by atoms with van der Waals surface area (Å²) in [5.41, 5.74) is 0.642. The van der Waals surface area contributed by atoms with Crippen LogP contribution in [0.3, 0.4) is 0 Å². The Morgan fingerprint density at radius 3 is 2.54 bits per heavy atom. The maximum Gasteiger partial charge on any atom is 0.277 e. The van der Waals surface area contributed by atoms with Crippen molar-refractivity contribution in [3.63, 3.8) is 0 Å². The monoisotopic (exact) mass is 349 g/mol. The molecule has 1 aromatic heterocycles. The first-order valence-electron chi connectivity index (χ1n) is 7.16. The van der Waals surface area contributed by atoms with Crippen molar-refractivity contribution in [2.24, 2.45) is 7.05 Å². The number of rotatable bonds is 6. The van der Waals surface area contributed by atoms with Gasteiger partial charge in [0.1, 0.15) is 5.56 Å². The number of nitrogens with zero attached hydrogens (tertiary/aromatic N) is 1. The summed E-state index contributed by atoms with van der Waals surface area (Å²) in [5.74, 6) is -0.462. The highest BCUT2D eigenvalue weighted by molar-refractivity contribution is 7.90. The van der Waals surface area contributed by atoms with Gasteiger partial charge in [-0.2, -0.15) is 0 Å². The van der Waals surface area contributed by atoms with Crippen LogP contribution in [0.4, 0.5) is 5.69 Å². The molecule has 2 rings (SSSR count). The second-order valence-corrected chi connectivity index (χ2v) is 7.42. The average molecular weight is 349 g/mol. The van der Waals surface area contributed by atoms with Crippen molar-refractivity contribution < 1.29 is 13.2 Å². The van der Waals surface area contributed by atoms with Crippen molar-refractivity contribution in [1.29, 1.82) is 0 Å². The highest BCUT2D eigenvalue weighted by Gasteiger charge is 2.23. The number of hydrogen-bond acceptors (Lipinski definition) is 5. The van der Waals surface area contributed by atoms with E-state index in [1.54, 1.807) is 13.0 Å². The lowest BCUT2D eigenvalue weighted by molar-refractivity contribution is 0.103. The van der Waals surface area contributed by atoms with E-state index >= 15 is 0 Å². The van der Waals surface area contributed by atoms with E-state index in [1.165, 1.54) is 30.1 Å². The Morgan fingerprint density at radius 1 is 1.38 bits per heavy atom. The molecule has 2 N–H and O–H groups in total. The maximum absolute atomic E-state index is 12.7. The molecule has 8 heteroatoms. The third-order valence-electron chi connectivity index (χ3n) is 3.68. The lowest BCUT2D eigenvalue weighted by Gasteiger charge is -2.15. The molecule has 128 valence electrons. The number of aromatic amines is 1. The van der Waals surface area contributed by atoms with Gasteiger partial charge in [-0.3, -0.25) is 14.3 Å². The van der Waals surface area contributed by atoms with Gasteiger partial charge in [0.25, 0.3) is 5.56 Å². The second kappa shape index (κ2) is 6.48. The van der Waals surface area contributed by atoms with Crippen LogP contribution in [0.25, 0.3) is 0 Å². The fraction of sp³-hybridized carbons (Fsp3) is 0.250. The first-order chi connectivity index (χ1) is 11.2. The number of anilines is 1. The zero-order valence-corrected chi connectivity index (χ0v) is 14.5. The number of aromatic nitrogens is 2. The summed E-state index contributed by atoms with van der Waals surface area (Å²) in [5, 5.41) is 5.61. The van der Waals surface area contributed by atoms with Gasteiger partial charge in [-0.25, -0.2) is 8.42 Å². The maximum atomic E-state index is 12.7. The quantitative estimate of drug-likeness (QED) is 0.604. The van der Waals surface area contributed by atoms with E-state index in [0.717, 1.165) is 6.26 Å². The normalized spacial score (nSPS) is 11.3. The molecular weight excluding hydrogens is 330 g/mol. The minimum absolute atomic E-state index is 0.00220. The van der Waals surface area contributed by atoms with Gasteiger partial charge in [-0.1, -0.05) is 6.08 Å². The van der Waals surface area contributed by atoms with Gasteiger partial charge in [0.05, 0.1) is 10.6 Å². The van der Waals surface area contributed by atoms with E-state index < -0.39 is 21.2 Å². The number of benzene rings is 1. The number of sulfone groups is 1. The Balaban J connectivity index is 2.64. The zero-order valence-electron chi connectivity index (χ0n) is 13.7. The van der Waals surface area contributed by atoms with Gasteiger partial charge in [0.15, 0.2) is 9.84 Å². The number of nitrogens with one attached hydrogen (secondary N) is 2. The molecule has 0 spiro atoms. The molecule has 7 nitrogen and oxygen atoms in total. The summed E-state index contributed by atoms with van der Waals surface area (Å²) in [7, 11) is -1.97. The fourth-order valence-electron chi connectivity index (χ4n) is 2.41. The summed E-state index contributed by atoms with van der Waals surface area (Å²) in [6.07, 6.45) is 4.03. The van der Waals surface area contributed by atoms with E-state index in [-0.39, 0.29) is 16.0 Å². The molecule has 0 fully saturated rings. The average Bonchev–Trinajstić information content (AvgIpc) is 2.84. The molecule has 24 heavy (non-hydrogen) atoms. The zero-order chi connectivity index (χ0) is 18.1. The molecule has 0 aliphatic heterocycles. The van der Waals surface area contributed by atoms with Crippen LogP contribution in [-0.2, 0) is 16.9 Å². The molecule has 1 aromatic carbocycles. The molecule has 0 saturated heterocycles. The third kappa shape index (κ3) is 3.18. The van der Waals surface area contributed by atoms with Crippen LogP contribution in [0.5, 0.6) is 0 Å². The van der Waals surface area contributed by atoms with E-state index in [2.05, 4.69) is 17.0 Å². The smallest absolute Gasteiger partial charge is 0.277 e. The lowest BCUT2D eigenvalue weighted by atomic mass is 9.99. The molecule has 0 radical (unpaired) electrons. The minimum Gasteiger partial charge on any atom is -0.380 e. The van der Waals surface area contributed by atoms with Gasteiger partial charge in [0.2, 0.25) is 5.78 Å². The van der Waals surface area contributed by atoms with Gasteiger partial charge in [-0.05, 0) is 24.6 Å². The number of aryl methyl sites for hydroxylation is 1. The summed E-state index contributed by atoms with van der Waals surface area (Å²) >= 11 is 0. The Hall–Kier alpha value is -2.61. The van der Waals surface area contributed by atoms with Crippen LogP contribution in [0.15, 0.2) is 40.7 Å². The van der Waals surface area contributed by atoms with E-state index in [4.69, 9.17) is 0 Å². The number of H-pyrrole nitrogens is 1. The summed E-state index contributed by atoms with van der Waals surface area (Å²) in [6, 6.07) is 2.80. The van der Waals surface area contributed by atoms with Gasteiger partial charge < -0.3 is 10.4 Å². The Labute approximate surface area is 139 Å². The molecule has 0 amide bonds. The van der Waals surface area contributed by atoms with Crippen molar-refractivity contribution in [2.45, 2.75) is 11.8 Å². The Morgan fingerprint density at radius 2 is 2.04 bits per heavy atom. The predicted molar refractivity (Wildman–Crippen MR) is 92.4 cm³/mol. The Bertz CT molecular complexity index is 968. The van der Waals surface area contributed by atoms with E-state index in [0.29, 0.717) is 17.8 Å². The molecule has 0 aliphatic carbocycles. The predicted octanol–water partition coefficient (Wildman–Crippen LogP) is 1.25. The van der Waals surface area contributed by atoms with Crippen LogP contribution in [0.1, 0.15) is 21.5 Å². The van der Waals surface area contributed by atoms with Crippen LogP contribution in [0.2, 0.25) is 0 Å². The highest BCUT2D eigenvalue weighted by Crippen LogP contribution is 2.29. The molecular formula is C16H19N3O4S. The minimum atomic E-state index is -3.48. The van der Waals surface area contributed by atoms with Crippen molar-refractivity contribution in [3.05, 3.63) is 58.0 Å². The summed E-state index contributed by atoms with van der Waals surface area (Å²) < 4.78 is 25.1. The number of carbonyl (C=O) groups excluding carboxylic acids is 1. The van der Waals surface area contributed by atoms with Crippen LogP contribution in [0, 0.1) is 6.92 Å². The van der Waals surface area contributed by atoms with Crippen molar-refractivity contribution in [1.82, 2.24) is 9.78 Å². The molecule has 0 unspecified atom stereocenters. The van der Waals surface area contributed by atoms with Crippen LogP contribution in [-0.4, -0.2) is 36.8 Å². The van der Waals surface area contributed by atoms with Crippen molar-refractivity contribution in [2.75, 3.05) is 18.1 Å². The number of hydrogen-bond donors (Lipinski definition) is 2. The molecule has 0 aliphatic rings. The van der Waals surface area contributed by atoms with E-state index in [9.17, 15) is 18.0 Å². The molecule has 0 atom stereocenters. The van der Waals surface area contributed by atoms with Crippen LogP contribution >= 0.6 is 0 Å². The lowest BCUT2D eigenvalue weighted by Crippen LogP contribution is -2.20. The van der Waals surface area contributed by atoms with Crippen molar-refractivity contribution >= 4 is 21.3 Å². The molecule has 0 bridgehead atoms. The summed E-state index contributed by atoms with van der Waals surface area (Å²) in [4.78, 5) is 24.7.